The van der Waals surface area contributed by atoms with Crippen LogP contribution >= 0.6 is 0 Å². The number of carboxylic acids is 1. The summed E-state index contributed by atoms with van der Waals surface area (Å²) >= 11 is 0. The number of aromatic amines is 3. The van der Waals surface area contributed by atoms with Crippen molar-refractivity contribution in [2.24, 2.45) is 0 Å². The first-order chi connectivity index (χ1) is 15.3. The molecule has 0 amide bonds. The van der Waals surface area contributed by atoms with Gasteiger partial charge < -0.3 is 20.1 Å². The van der Waals surface area contributed by atoms with Crippen LogP contribution in [0.4, 0.5) is 0 Å². The first kappa shape index (κ1) is 22.7. The van der Waals surface area contributed by atoms with Crippen LogP contribution < -0.4 is 0 Å². The largest absolute Gasteiger partial charge is 0.477 e. The lowest BCUT2D eigenvalue weighted by Gasteiger charge is -2.11. The molecule has 0 unspecified atom stereocenters. The van der Waals surface area contributed by atoms with Gasteiger partial charge in [0.25, 0.3) is 0 Å². The van der Waals surface area contributed by atoms with Crippen LogP contribution in [0, 0.1) is 0 Å². The SMILES string of the molecule is CN(C)S(=O)(=O)c1ccc2[nH]c3cnc(C(=O)O)cc3c2c1.c1c[nH]cn1.c1c[nH]cn1. The van der Waals surface area contributed by atoms with E-state index in [1.807, 2.05) is 0 Å². The Morgan fingerprint density at radius 1 is 0.969 bits per heavy atom. The number of aromatic nitrogens is 6. The fourth-order valence-electron chi connectivity index (χ4n) is 2.70. The summed E-state index contributed by atoms with van der Waals surface area (Å²) in [6, 6.07) is 6.14. The standard InChI is InChI=1S/C14H13N3O4S.2C3H4N2/c1-17(2)22(20,21)8-3-4-11-9(5-8)10-6-12(14(18)19)15-7-13(10)16-11;2*1-2-5-3-4-1/h3-7,16H,1-2H3,(H,18,19);2*1-3H,(H,4,5). The molecule has 12 heteroatoms. The molecule has 0 fully saturated rings. The van der Waals surface area contributed by atoms with Crippen molar-refractivity contribution in [3.63, 3.8) is 0 Å². The van der Waals surface area contributed by atoms with Gasteiger partial charge in [-0.2, -0.15) is 0 Å². The predicted molar refractivity (Wildman–Crippen MR) is 119 cm³/mol. The van der Waals surface area contributed by atoms with E-state index in [-0.39, 0.29) is 10.6 Å². The number of hydrogen-bond donors (Lipinski definition) is 4. The Balaban J connectivity index is 0.000000235. The van der Waals surface area contributed by atoms with Crippen LogP contribution in [-0.4, -0.2) is 67.8 Å². The molecule has 0 aliphatic heterocycles. The van der Waals surface area contributed by atoms with Crippen LogP contribution in [0.15, 0.2) is 72.8 Å². The number of carboxylic acid groups (broad SMARTS) is 1. The summed E-state index contributed by atoms with van der Waals surface area (Å²) in [5.41, 5.74) is 1.28. The molecule has 4 heterocycles. The van der Waals surface area contributed by atoms with Crippen LogP contribution in [-0.2, 0) is 10.0 Å². The number of sulfonamides is 1. The van der Waals surface area contributed by atoms with Gasteiger partial charge in [0.05, 0.1) is 29.3 Å². The molecule has 5 rings (SSSR count). The number of hydrogen-bond acceptors (Lipinski definition) is 6. The number of pyridine rings is 1. The van der Waals surface area contributed by atoms with Gasteiger partial charge in [-0.1, -0.05) is 0 Å². The Morgan fingerprint density at radius 2 is 1.59 bits per heavy atom. The normalized spacial score (nSPS) is 11.0. The molecule has 0 aliphatic rings. The van der Waals surface area contributed by atoms with Crippen molar-refractivity contribution in [3.8, 4) is 0 Å². The molecule has 32 heavy (non-hydrogen) atoms. The van der Waals surface area contributed by atoms with Gasteiger partial charge >= 0.3 is 5.97 Å². The van der Waals surface area contributed by atoms with Crippen molar-refractivity contribution in [2.75, 3.05) is 14.1 Å². The number of H-pyrrole nitrogens is 3. The Labute approximate surface area is 183 Å². The molecule has 0 atom stereocenters. The van der Waals surface area contributed by atoms with Crippen LogP contribution in [0.25, 0.3) is 21.8 Å². The van der Waals surface area contributed by atoms with Gasteiger partial charge in [0.15, 0.2) is 0 Å². The summed E-state index contributed by atoms with van der Waals surface area (Å²) < 4.78 is 25.6. The fraction of sp³-hybridized carbons (Fsp3) is 0.100. The lowest BCUT2D eigenvalue weighted by Crippen LogP contribution is -2.22. The van der Waals surface area contributed by atoms with Crippen LogP contribution in [0.3, 0.4) is 0 Å². The lowest BCUT2D eigenvalue weighted by molar-refractivity contribution is 0.0690. The minimum absolute atomic E-state index is 0.0886. The average Bonchev–Trinajstić information content (AvgIpc) is 3.57. The Morgan fingerprint density at radius 3 is 2.06 bits per heavy atom. The molecule has 0 aliphatic carbocycles. The lowest BCUT2D eigenvalue weighted by atomic mass is 10.1. The van der Waals surface area contributed by atoms with E-state index in [0.29, 0.717) is 16.3 Å². The molecule has 4 aromatic heterocycles. The van der Waals surface area contributed by atoms with Crippen molar-refractivity contribution < 1.29 is 18.3 Å². The van der Waals surface area contributed by atoms with E-state index in [0.717, 1.165) is 9.82 Å². The minimum atomic E-state index is -3.55. The first-order valence-corrected chi connectivity index (χ1v) is 10.7. The molecule has 4 N–H and O–H groups in total. The van der Waals surface area contributed by atoms with Gasteiger partial charge in [0, 0.05) is 55.2 Å². The first-order valence-electron chi connectivity index (χ1n) is 9.23. The highest BCUT2D eigenvalue weighted by molar-refractivity contribution is 7.89. The van der Waals surface area contributed by atoms with E-state index in [9.17, 15) is 13.2 Å². The monoisotopic (exact) mass is 455 g/mol. The molecule has 0 saturated heterocycles. The van der Waals surface area contributed by atoms with Crippen molar-refractivity contribution in [1.29, 1.82) is 0 Å². The van der Waals surface area contributed by atoms with Gasteiger partial charge in [-0.15, -0.1) is 0 Å². The van der Waals surface area contributed by atoms with Gasteiger partial charge in [-0.05, 0) is 24.3 Å². The average molecular weight is 456 g/mol. The summed E-state index contributed by atoms with van der Waals surface area (Å²) in [7, 11) is -0.635. The van der Waals surface area contributed by atoms with Gasteiger partial charge in [0.2, 0.25) is 10.0 Å². The number of aromatic carboxylic acids is 1. The topological polar surface area (TPSA) is 161 Å². The highest BCUT2D eigenvalue weighted by Crippen LogP contribution is 2.28. The third-order valence-corrected chi connectivity index (χ3v) is 6.08. The highest BCUT2D eigenvalue weighted by atomic mass is 32.2. The molecule has 0 bridgehead atoms. The maximum Gasteiger partial charge on any atom is 0.354 e. The number of imidazole rings is 2. The van der Waals surface area contributed by atoms with Crippen molar-refractivity contribution >= 4 is 37.8 Å². The molecular formula is C20H21N7O4S. The second-order valence-electron chi connectivity index (χ2n) is 6.56. The van der Waals surface area contributed by atoms with Gasteiger partial charge in [-0.3, -0.25) is 0 Å². The fourth-order valence-corrected chi connectivity index (χ4v) is 3.63. The molecule has 1 aromatic carbocycles. The number of benzene rings is 1. The summed E-state index contributed by atoms with van der Waals surface area (Å²) in [5, 5.41) is 10.3. The second-order valence-corrected chi connectivity index (χ2v) is 8.71. The predicted octanol–water partition coefficient (Wildman–Crippen LogP) is 2.48. The molecule has 0 spiro atoms. The summed E-state index contributed by atoms with van der Waals surface area (Å²) in [6.45, 7) is 0. The summed E-state index contributed by atoms with van der Waals surface area (Å²) in [6.07, 6.45) is 11.6. The third kappa shape index (κ3) is 5.17. The van der Waals surface area contributed by atoms with Crippen LogP contribution in [0.1, 0.15) is 10.5 Å². The Hall–Kier alpha value is -4.03. The molecule has 166 valence electrons. The number of carbonyl (C=O) groups is 1. The molecule has 0 saturated carbocycles. The summed E-state index contributed by atoms with van der Waals surface area (Å²) in [4.78, 5) is 31.0. The number of rotatable bonds is 3. The van der Waals surface area contributed by atoms with E-state index < -0.39 is 16.0 Å². The van der Waals surface area contributed by atoms with E-state index in [4.69, 9.17) is 5.11 Å². The van der Waals surface area contributed by atoms with E-state index in [1.54, 1.807) is 43.5 Å². The van der Waals surface area contributed by atoms with Crippen molar-refractivity contribution in [2.45, 2.75) is 4.90 Å². The van der Waals surface area contributed by atoms with E-state index >= 15 is 0 Å². The zero-order valence-corrected chi connectivity index (χ0v) is 18.0. The van der Waals surface area contributed by atoms with Crippen molar-refractivity contribution in [3.05, 3.63) is 73.6 Å². The second kappa shape index (κ2) is 9.85. The number of nitrogens with zero attached hydrogens (tertiary/aromatic N) is 4. The van der Waals surface area contributed by atoms with Gasteiger partial charge in [0.1, 0.15) is 5.69 Å². The van der Waals surface area contributed by atoms with Crippen molar-refractivity contribution in [1.82, 2.24) is 34.2 Å². The molecule has 5 aromatic rings. The van der Waals surface area contributed by atoms with Crippen LogP contribution in [0.5, 0.6) is 0 Å². The third-order valence-electron chi connectivity index (χ3n) is 4.26. The maximum atomic E-state index is 12.2. The molecule has 0 radical (unpaired) electrons. The minimum Gasteiger partial charge on any atom is -0.477 e. The zero-order valence-electron chi connectivity index (χ0n) is 17.2. The number of nitrogens with one attached hydrogen (secondary N) is 3. The Kier molecular flexibility index (Phi) is 6.97. The van der Waals surface area contributed by atoms with E-state index in [2.05, 4.69) is 29.9 Å². The van der Waals surface area contributed by atoms with Crippen LogP contribution in [0.2, 0.25) is 0 Å². The Bertz CT molecular complexity index is 1330. The zero-order chi connectivity index (χ0) is 23.1. The summed E-state index contributed by atoms with van der Waals surface area (Å²) in [5.74, 6) is -1.13. The number of fused-ring (bicyclic) bond motifs is 3. The van der Waals surface area contributed by atoms with E-state index in [1.165, 1.54) is 38.5 Å². The molecular weight excluding hydrogens is 434 g/mol. The highest BCUT2D eigenvalue weighted by Gasteiger charge is 2.19. The smallest absolute Gasteiger partial charge is 0.354 e. The quantitative estimate of drug-likeness (QED) is 0.325. The van der Waals surface area contributed by atoms with Gasteiger partial charge in [-0.25, -0.2) is 32.5 Å². The maximum absolute atomic E-state index is 12.2. The molecule has 11 nitrogen and oxygen atoms in total.